The van der Waals surface area contributed by atoms with Gasteiger partial charge in [-0.05, 0) is 36.0 Å². The Morgan fingerprint density at radius 1 is 1.00 bits per heavy atom. The largest absolute Gasteiger partial charge is 0.434 e. The molecule has 5 nitrogen and oxygen atoms in total. The van der Waals surface area contributed by atoms with E-state index >= 15 is 0 Å². The molecule has 3 saturated heterocycles. The van der Waals surface area contributed by atoms with E-state index in [2.05, 4.69) is 9.64 Å². The molecule has 0 N–H and O–H groups in total. The topological polar surface area (TPSA) is 36.0 Å². The fourth-order valence-electron chi connectivity index (χ4n) is 5.36. The van der Waals surface area contributed by atoms with Crippen LogP contribution in [-0.4, -0.2) is 79.5 Å². The van der Waals surface area contributed by atoms with Gasteiger partial charge in [-0.2, -0.15) is 26.3 Å². The predicted molar refractivity (Wildman–Crippen MR) is 114 cm³/mol. The van der Waals surface area contributed by atoms with Crippen LogP contribution in [0, 0.1) is 18.8 Å². The van der Waals surface area contributed by atoms with E-state index in [9.17, 15) is 39.9 Å². The van der Waals surface area contributed by atoms with Crippen molar-refractivity contribution in [1.29, 1.82) is 0 Å². The number of ether oxygens (including phenoxy) is 1. The first-order valence-electron chi connectivity index (χ1n) is 11.7. The van der Waals surface area contributed by atoms with E-state index in [1.165, 1.54) is 0 Å². The van der Waals surface area contributed by atoms with E-state index in [1.54, 1.807) is 0 Å². The molecule has 202 valence electrons. The molecule has 3 aliphatic heterocycles. The Bertz CT molecular complexity index is 930. The van der Waals surface area contributed by atoms with E-state index in [1.807, 2.05) is 30.0 Å². The molecule has 0 radical (unpaired) electrons. The highest BCUT2D eigenvalue weighted by atomic mass is 19.4. The number of alkyl halides is 8. The van der Waals surface area contributed by atoms with Crippen molar-refractivity contribution in [2.75, 3.05) is 44.2 Å². The van der Waals surface area contributed by atoms with Crippen LogP contribution in [0.5, 0.6) is 0 Å². The van der Waals surface area contributed by atoms with Crippen molar-refractivity contribution in [3.63, 3.8) is 0 Å². The Morgan fingerprint density at radius 3 is 2.08 bits per heavy atom. The highest BCUT2D eigenvalue weighted by Gasteiger charge is 2.60. The fraction of sp³-hybridized carbons (Fsp3) is 0.696. The summed E-state index contributed by atoms with van der Waals surface area (Å²) < 4.78 is 107. The summed E-state index contributed by atoms with van der Waals surface area (Å²) in [6, 6.07) is 5.72. The number of hydrogen-bond acceptors (Lipinski definition) is 4. The highest BCUT2D eigenvalue weighted by molar-refractivity contribution is 5.68. The molecule has 2 atom stereocenters. The van der Waals surface area contributed by atoms with E-state index < -0.39 is 30.5 Å². The molecule has 0 spiro atoms. The van der Waals surface area contributed by atoms with Crippen molar-refractivity contribution in [1.82, 2.24) is 9.80 Å². The van der Waals surface area contributed by atoms with Crippen molar-refractivity contribution in [2.24, 2.45) is 11.8 Å². The molecule has 1 aromatic rings. The average Bonchev–Trinajstić information content (AvgIpc) is 3.31. The van der Waals surface area contributed by atoms with Crippen molar-refractivity contribution in [3.8, 4) is 0 Å². The number of amides is 1. The van der Waals surface area contributed by atoms with Gasteiger partial charge in [-0.15, -0.1) is 0 Å². The quantitative estimate of drug-likeness (QED) is 0.501. The number of benzene rings is 1. The smallest absolute Gasteiger partial charge is 0.426 e. The second kappa shape index (κ2) is 9.53. The van der Waals surface area contributed by atoms with E-state index in [4.69, 9.17) is 0 Å². The van der Waals surface area contributed by atoms with Crippen molar-refractivity contribution < 1.29 is 44.7 Å². The number of halogens is 8. The van der Waals surface area contributed by atoms with Crippen LogP contribution in [-0.2, 0) is 11.3 Å². The number of rotatable bonds is 4. The zero-order valence-electron chi connectivity index (χ0n) is 19.5. The Hall–Kier alpha value is -2.31. The normalized spacial score (nSPS) is 24.9. The lowest BCUT2D eigenvalue weighted by atomic mass is 10.0. The predicted octanol–water partition coefficient (Wildman–Crippen LogP) is 5.22. The molecule has 3 heterocycles. The van der Waals surface area contributed by atoms with Crippen LogP contribution in [0.25, 0.3) is 0 Å². The minimum absolute atomic E-state index is 0.0173. The van der Waals surface area contributed by atoms with Gasteiger partial charge in [0.15, 0.2) is 0 Å². The molecule has 2 unspecified atom stereocenters. The first-order valence-corrected chi connectivity index (χ1v) is 11.7. The second-order valence-electron chi connectivity index (χ2n) is 9.87. The molecule has 3 aliphatic rings. The second-order valence-corrected chi connectivity index (χ2v) is 9.87. The summed E-state index contributed by atoms with van der Waals surface area (Å²) in [6.07, 6.45) is -17.7. The van der Waals surface area contributed by atoms with Crippen LogP contribution in [0.3, 0.4) is 0 Å². The fourth-order valence-corrected chi connectivity index (χ4v) is 5.36. The van der Waals surface area contributed by atoms with Crippen molar-refractivity contribution in [2.45, 2.75) is 50.7 Å². The number of fused-ring (bicyclic) bond motifs is 1. The number of carbonyl (C=O) groups excluding carboxylic acids is 1. The zero-order chi connectivity index (χ0) is 26.5. The van der Waals surface area contributed by atoms with Crippen molar-refractivity contribution in [3.05, 3.63) is 29.3 Å². The molecule has 0 aromatic heterocycles. The summed E-state index contributed by atoms with van der Waals surface area (Å²) >= 11 is 0. The van der Waals surface area contributed by atoms with Crippen LogP contribution >= 0.6 is 0 Å². The number of piperidine rings is 1. The van der Waals surface area contributed by atoms with Crippen LogP contribution in [0.4, 0.5) is 45.6 Å². The minimum Gasteiger partial charge on any atom is -0.426 e. The monoisotopic (exact) mass is 529 g/mol. The first kappa shape index (κ1) is 26.7. The number of anilines is 1. The summed E-state index contributed by atoms with van der Waals surface area (Å²) in [5.41, 5.74) is 2.90. The van der Waals surface area contributed by atoms with Gasteiger partial charge >= 0.3 is 18.4 Å². The summed E-state index contributed by atoms with van der Waals surface area (Å²) in [5.74, 6) is -2.84. The van der Waals surface area contributed by atoms with E-state index in [0.29, 0.717) is 19.6 Å². The van der Waals surface area contributed by atoms with Gasteiger partial charge in [0.25, 0.3) is 12.0 Å². The molecular formula is C23H27F8N3O2. The number of carbonyl (C=O) groups is 1. The first-order chi connectivity index (χ1) is 16.6. The minimum atomic E-state index is -5.75. The van der Waals surface area contributed by atoms with Crippen LogP contribution in [0.2, 0.25) is 0 Å². The molecule has 0 saturated carbocycles. The lowest BCUT2D eigenvalue weighted by molar-refractivity contribution is -0.308. The number of hydrogen-bond donors (Lipinski definition) is 0. The summed E-state index contributed by atoms with van der Waals surface area (Å²) in [6.45, 7) is 4.11. The standard InChI is InChI=1S/C23H27F8N3O2/c1-14-15(3-2-4-18(14)33-7-5-21(24,25)6-8-33)9-32-10-16-12-34(13-17(16)11-32)20(35)36-19(22(26,27)28)23(29,30)31/h2-4,16-17,19H,5-13H2,1H3. The highest BCUT2D eigenvalue weighted by Crippen LogP contribution is 2.38. The Kier molecular flexibility index (Phi) is 7.08. The third-order valence-electron chi connectivity index (χ3n) is 7.28. The molecule has 0 aliphatic carbocycles. The molecule has 0 bridgehead atoms. The SMILES string of the molecule is Cc1c(CN2CC3CN(C(=O)OC(C(F)(F)F)C(F)(F)F)CC3C2)cccc1N1CCC(F)(F)CC1. The molecule has 4 rings (SSSR count). The van der Waals surface area contributed by atoms with Gasteiger partial charge in [-0.25, -0.2) is 13.6 Å². The Morgan fingerprint density at radius 2 is 1.56 bits per heavy atom. The molecule has 1 amide bonds. The third kappa shape index (κ3) is 5.81. The van der Waals surface area contributed by atoms with Gasteiger partial charge in [0.1, 0.15) is 0 Å². The lowest BCUT2D eigenvalue weighted by Gasteiger charge is -2.35. The maximum absolute atomic E-state index is 13.5. The molecule has 1 aromatic carbocycles. The third-order valence-corrected chi connectivity index (χ3v) is 7.28. The summed E-state index contributed by atoms with van der Waals surface area (Å²) in [5, 5.41) is 0. The van der Waals surface area contributed by atoms with Gasteiger partial charge in [-0.1, -0.05) is 12.1 Å². The average molecular weight is 529 g/mol. The Labute approximate surface area is 202 Å². The van der Waals surface area contributed by atoms with Crippen molar-refractivity contribution >= 4 is 11.8 Å². The number of nitrogens with zero attached hydrogens (tertiary/aromatic N) is 3. The molecule has 13 heteroatoms. The van der Waals surface area contributed by atoms with E-state index in [0.717, 1.165) is 21.7 Å². The van der Waals surface area contributed by atoms with Gasteiger partial charge in [0.05, 0.1) is 0 Å². The van der Waals surface area contributed by atoms with Gasteiger partial charge in [-0.3, -0.25) is 4.90 Å². The molecule has 36 heavy (non-hydrogen) atoms. The number of likely N-dealkylation sites (tertiary alicyclic amines) is 2. The van der Waals surface area contributed by atoms with Crippen LogP contribution in [0.15, 0.2) is 18.2 Å². The van der Waals surface area contributed by atoms with Crippen LogP contribution in [0.1, 0.15) is 24.0 Å². The summed E-state index contributed by atoms with van der Waals surface area (Å²) in [4.78, 5) is 17.1. The van der Waals surface area contributed by atoms with Gasteiger partial charge < -0.3 is 14.5 Å². The Balaban J connectivity index is 1.33. The van der Waals surface area contributed by atoms with Gasteiger partial charge in [0, 0.05) is 64.3 Å². The molecule has 3 fully saturated rings. The maximum atomic E-state index is 13.5. The van der Waals surface area contributed by atoms with Crippen LogP contribution < -0.4 is 4.90 Å². The molecular weight excluding hydrogens is 502 g/mol. The van der Waals surface area contributed by atoms with Gasteiger partial charge in [0.2, 0.25) is 0 Å². The lowest BCUT2D eigenvalue weighted by Crippen LogP contribution is -2.48. The summed E-state index contributed by atoms with van der Waals surface area (Å²) in [7, 11) is 0. The maximum Gasteiger partial charge on any atom is 0.434 e. The zero-order valence-corrected chi connectivity index (χ0v) is 19.5. The van der Waals surface area contributed by atoms with E-state index in [-0.39, 0.29) is 50.9 Å².